The number of esters is 1. The maximum absolute atomic E-state index is 12.8. The third-order valence-electron chi connectivity index (χ3n) is 4.41. The summed E-state index contributed by atoms with van der Waals surface area (Å²) in [4.78, 5) is 24.0. The van der Waals surface area contributed by atoms with Gasteiger partial charge in [-0.2, -0.15) is 0 Å². The van der Waals surface area contributed by atoms with E-state index in [0.717, 1.165) is 31.2 Å². The molecule has 1 aromatic carbocycles. The smallest absolute Gasteiger partial charge is 0.306 e. The number of hydrogen-bond donors (Lipinski definition) is 1. The molecule has 0 heterocycles. The molecule has 1 aliphatic rings. The van der Waals surface area contributed by atoms with E-state index in [4.69, 9.17) is 4.74 Å². The summed E-state index contributed by atoms with van der Waals surface area (Å²) in [5.74, 6) is -0.940. The van der Waals surface area contributed by atoms with Crippen LogP contribution in [-0.2, 0) is 20.7 Å². The Morgan fingerprint density at radius 2 is 1.79 bits per heavy atom. The number of amides is 1. The predicted molar refractivity (Wildman–Crippen MR) is 89.9 cm³/mol. The van der Waals surface area contributed by atoms with Gasteiger partial charge in [0.1, 0.15) is 5.82 Å². The second-order valence-electron chi connectivity index (χ2n) is 6.46. The minimum Gasteiger partial charge on any atom is -0.453 e. The van der Waals surface area contributed by atoms with Crippen molar-refractivity contribution >= 4 is 11.9 Å². The van der Waals surface area contributed by atoms with Crippen LogP contribution in [0.4, 0.5) is 4.39 Å². The lowest BCUT2D eigenvalue weighted by Gasteiger charge is -2.19. The first kappa shape index (κ1) is 18.4. The van der Waals surface area contributed by atoms with Crippen LogP contribution in [0, 0.1) is 5.82 Å². The minimum absolute atomic E-state index is 0.173. The first-order valence-electron chi connectivity index (χ1n) is 8.79. The molecule has 1 atom stereocenters. The van der Waals surface area contributed by atoms with E-state index in [1.807, 2.05) is 0 Å². The highest BCUT2D eigenvalue weighted by molar-refractivity contribution is 5.83. The van der Waals surface area contributed by atoms with Crippen molar-refractivity contribution in [2.75, 3.05) is 0 Å². The lowest BCUT2D eigenvalue weighted by Crippen LogP contribution is -2.41. The number of halogens is 1. The van der Waals surface area contributed by atoms with E-state index in [2.05, 4.69) is 5.32 Å². The Labute approximate surface area is 142 Å². The van der Waals surface area contributed by atoms with E-state index >= 15 is 0 Å². The average Bonchev–Trinajstić information content (AvgIpc) is 2.83. The highest BCUT2D eigenvalue weighted by Gasteiger charge is 2.21. The first-order chi connectivity index (χ1) is 11.5. The van der Waals surface area contributed by atoms with Gasteiger partial charge in [0.2, 0.25) is 0 Å². The van der Waals surface area contributed by atoms with Gasteiger partial charge in [0.15, 0.2) is 6.10 Å². The third kappa shape index (κ3) is 6.30. The van der Waals surface area contributed by atoms with Crippen molar-refractivity contribution in [3.8, 4) is 0 Å². The maximum atomic E-state index is 12.8. The van der Waals surface area contributed by atoms with Gasteiger partial charge in [-0.05, 0) is 43.9 Å². The summed E-state index contributed by atoms with van der Waals surface area (Å²) in [6, 6.07) is 6.21. The summed E-state index contributed by atoms with van der Waals surface area (Å²) in [6.07, 6.45) is 6.57. The molecule has 4 nitrogen and oxygen atoms in total. The molecular weight excluding hydrogens is 309 g/mol. The van der Waals surface area contributed by atoms with E-state index in [0.29, 0.717) is 6.42 Å². The normalized spacial score (nSPS) is 16.9. The van der Waals surface area contributed by atoms with Gasteiger partial charge in [-0.1, -0.05) is 37.8 Å². The Bertz CT molecular complexity index is 536. The topological polar surface area (TPSA) is 55.4 Å². The number of ether oxygens (including phenoxy) is 1. The van der Waals surface area contributed by atoms with Gasteiger partial charge in [-0.3, -0.25) is 9.59 Å². The van der Waals surface area contributed by atoms with Crippen molar-refractivity contribution in [2.24, 2.45) is 0 Å². The van der Waals surface area contributed by atoms with Crippen molar-refractivity contribution < 1.29 is 18.7 Å². The van der Waals surface area contributed by atoms with Gasteiger partial charge in [-0.15, -0.1) is 0 Å². The molecule has 0 aliphatic heterocycles. The zero-order valence-electron chi connectivity index (χ0n) is 14.2. The van der Waals surface area contributed by atoms with Crippen LogP contribution in [0.3, 0.4) is 0 Å². The van der Waals surface area contributed by atoms with Crippen LogP contribution in [-0.4, -0.2) is 24.0 Å². The standard InChI is InChI=1S/C19H26FNO3/c1-14(19(23)21-17-6-4-2-3-5-7-17)24-18(22)13-10-15-8-11-16(20)12-9-15/h8-9,11-12,14,17H,2-7,10,13H2,1H3,(H,21,23)/t14-/m1/s1. The highest BCUT2D eigenvalue weighted by atomic mass is 19.1. The highest BCUT2D eigenvalue weighted by Crippen LogP contribution is 2.17. The minimum atomic E-state index is -0.783. The SMILES string of the molecule is C[C@@H](OC(=O)CCc1ccc(F)cc1)C(=O)NC1CCCCCC1. The van der Waals surface area contributed by atoms with E-state index in [1.165, 1.54) is 25.0 Å². The molecule has 1 saturated carbocycles. The van der Waals surface area contributed by atoms with Gasteiger partial charge in [0.05, 0.1) is 0 Å². The molecule has 1 amide bonds. The average molecular weight is 335 g/mol. The van der Waals surface area contributed by atoms with Crippen LogP contribution in [0.2, 0.25) is 0 Å². The van der Waals surface area contributed by atoms with Gasteiger partial charge < -0.3 is 10.1 Å². The van der Waals surface area contributed by atoms with Gasteiger partial charge in [-0.25, -0.2) is 4.39 Å². The predicted octanol–water partition coefficient (Wildman–Crippen LogP) is 3.53. The molecule has 24 heavy (non-hydrogen) atoms. The summed E-state index contributed by atoms with van der Waals surface area (Å²) in [7, 11) is 0. The van der Waals surface area contributed by atoms with Gasteiger partial charge in [0, 0.05) is 12.5 Å². The van der Waals surface area contributed by atoms with E-state index in [9.17, 15) is 14.0 Å². The summed E-state index contributed by atoms with van der Waals surface area (Å²) in [5.41, 5.74) is 0.865. The quantitative estimate of drug-likeness (QED) is 0.639. The number of hydrogen-bond acceptors (Lipinski definition) is 3. The van der Waals surface area contributed by atoms with Crippen LogP contribution in [0.1, 0.15) is 57.4 Å². The second kappa shape index (κ2) is 9.40. The molecule has 1 N–H and O–H groups in total. The largest absolute Gasteiger partial charge is 0.453 e. The Kier molecular flexibility index (Phi) is 7.22. The van der Waals surface area contributed by atoms with E-state index in [-0.39, 0.29) is 24.2 Å². The van der Waals surface area contributed by atoms with Crippen LogP contribution in [0.25, 0.3) is 0 Å². The molecule has 2 rings (SSSR count). The number of aryl methyl sites for hydroxylation is 1. The Hall–Kier alpha value is -1.91. The molecule has 0 unspecified atom stereocenters. The van der Waals surface area contributed by atoms with E-state index in [1.54, 1.807) is 19.1 Å². The fourth-order valence-corrected chi connectivity index (χ4v) is 2.95. The number of benzene rings is 1. The number of carbonyl (C=O) groups is 2. The number of rotatable bonds is 6. The summed E-state index contributed by atoms with van der Waals surface area (Å²) < 4.78 is 18.0. The molecule has 1 fully saturated rings. The first-order valence-corrected chi connectivity index (χ1v) is 8.79. The second-order valence-corrected chi connectivity index (χ2v) is 6.46. The molecule has 5 heteroatoms. The Balaban J connectivity index is 1.71. The van der Waals surface area contributed by atoms with Crippen LogP contribution < -0.4 is 5.32 Å². The van der Waals surface area contributed by atoms with Gasteiger partial charge >= 0.3 is 5.97 Å². The fourth-order valence-electron chi connectivity index (χ4n) is 2.95. The Morgan fingerprint density at radius 1 is 1.17 bits per heavy atom. The van der Waals surface area contributed by atoms with Crippen molar-refractivity contribution in [3.05, 3.63) is 35.6 Å². The van der Waals surface area contributed by atoms with Crippen molar-refractivity contribution in [3.63, 3.8) is 0 Å². The monoisotopic (exact) mass is 335 g/mol. The van der Waals surface area contributed by atoms with Crippen molar-refractivity contribution in [1.29, 1.82) is 0 Å². The molecule has 1 aromatic rings. The molecule has 0 aromatic heterocycles. The molecule has 0 saturated heterocycles. The third-order valence-corrected chi connectivity index (χ3v) is 4.41. The van der Waals surface area contributed by atoms with E-state index < -0.39 is 12.1 Å². The lowest BCUT2D eigenvalue weighted by molar-refractivity contribution is -0.155. The molecule has 132 valence electrons. The summed E-state index contributed by atoms with van der Waals surface area (Å²) >= 11 is 0. The molecule has 0 radical (unpaired) electrons. The van der Waals surface area contributed by atoms with Crippen LogP contribution in [0.5, 0.6) is 0 Å². The summed E-state index contributed by atoms with van der Waals surface area (Å²) in [6.45, 7) is 1.60. The molecule has 0 bridgehead atoms. The van der Waals surface area contributed by atoms with Crippen LogP contribution >= 0.6 is 0 Å². The number of nitrogens with one attached hydrogen (secondary N) is 1. The summed E-state index contributed by atoms with van der Waals surface area (Å²) in [5, 5.41) is 2.99. The lowest BCUT2D eigenvalue weighted by atomic mass is 10.1. The van der Waals surface area contributed by atoms with Crippen molar-refractivity contribution in [2.45, 2.75) is 70.4 Å². The number of carbonyl (C=O) groups excluding carboxylic acids is 2. The fraction of sp³-hybridized carbons (Fsp3) is 0.579. The van der Waals surface area contributed by atoms with Crippen LogP contribution in [0.15, 0.2) is 24.3 Å². The van der Waals surface area contributed by atoms with Gasteiger partial charge in [0.25, 0.3) is 5.91 Å². The van der Waals surface area contributed by atoms with Crippen molar-refractivity contribution in [1.82, 2.24) is 5.32 Å². The molecular formula is C19H26FNO3. The zero-order valence-corrected chi connectivity index (χ0v) is 14.2. The Morgan fingerprint density at radius 3 is 2.42 bits per heavy atom. The zero-order chi connectivity index (χ0) is 17.4. The molecule has 0 spiro atoms. The molecule has 1 aliphatic carbocycles. The maximum Gasteiger partial charge on any atom is 0.306 e.